The second-order valence-electron chi connectivity index (χ2n) is 6.80. The molecule has 0 bridgehead atoms. The van der Waals surface area contributed by atoms with E-state index in [0.29, 0.717) is 19.1 Å². The Morgan fingerprint density at radius 3 is 2.70 bits per heavy atom. The van der Waals surface area contributed by atoms with Crippen molar-refractivity contribution >= 4 is 5.97 Å². The van der Waals surface area contributed by atoms with E-state index in [9.17, 15) is 9.90 Å². The average Bonchev–Trinajstić information content (AvgIpc) is 2.34. The lowest BCUT2D eigenvalue weighted by Gasteiger charge is -2.30. The van der Waals surface area contributed by atoms with Gasteiger partial charge in [0.1, 0.15) is 5.54 Å². The van der Waals surface area contributed by atoms with Crippen LogP contribution >= 0.6 is 0 Å². The van der Waals surface area contributed by atoms with Crippen molar-refractivity contribution in [1.82, 2.24) is 5.32 Å². The van der Waals surface area contributed by atoms with Crippen LogP contribution in [0.1, 0.15) is 66.2 Å². The van der Waals surface area contributed by atoms with E-state index >= 15 is 0 Å². The summed E-state index contributed by atoms with van der Waals surface area (Å²) in [6.45, 7) is 8.66. The third-order valence-corrected chi connectivity index (χ3v) is 4.14. The van der Waals surface area contributed by atoms with Crippen LogP contribution in [0.3, 0.4) is 0 Å². The lowest BCUT2D eigenvalue weighted by atomic mass is 9.88. The highest BCUT2D eigenvalue weighted by molar-refractivity contribution is 5.78. The number of hydrogen-bond acceptors (Lipinski definition) is 3. The molecule has 0 amide bonds. The monoisotopic (exact) mass is 285 g/mol. The molecule has 0 heterocycles. The Hall–Kier alpha value is -0.610. The van der Waals surface area contributed by atoms with Gasteiger partial charge in [-0.05, 0) is 52.4 Å². The Morgan fingerprint density at radius 1 is 1.45 bits per heavy atom. The van der Waals surface area contributed by atoms with Crippen LogP contribution in [-0.2, 0) is 9.53 Å². The summed E-state index contributed by atoms with van der Waals surface area (Å²) < 4.78 is 5.91. The van der Waals surface area contributed by atoms with Crippen molar-refractivity contribution in [1.29, 1.82) is 0 Å². The molecule has 1 aliphatic carbocycles. The number of carboxylic acid groups (broad SMARTS) is 1. The van der Waals surface area contributed by atoms with E-state index in [1.807, 2.05) is 13.8 Å². The molecule has 0 aromatic rings. The molecule has 0 saturated heterocycles. The maximum Gasteiger partial charge on any atom is 0.323 e. The summed E-state index contributed by atoms with van der Waals surface area (Å²) in [6.07, 6.45) is 6.65. The first-order valence-electron chi connectivity index (χ1n) is 7.96. The first-order valence-corrected chi connectivity index (χ1v) is 7.96. The summed E-state index contributed by atoms with van der Waals surface area (Å²) in [5.41, 5.74) is -0.850. The Morgan fingerprint density at radius 2 is 2.15 bits per heavy atom. The molecular weight excluding hydrogens is 254 g/mol. The zero-order valence-corrected chi connectivity index (χ0v) is 13.4. The van der Waals surface area contributed by atoms with Gasteiger partial charge in [-0.15, -0.1) is 0 Å². The molecule has 0 aliphatic heterocycles. The minimum Gasteiger partial charge on any atom is -0.480 e. The van der Waals surface area contributed by atoms with E-state index in [1.54, 1.807) is 6.92 Å². The highest BCUT2D eigenvalue weighted by Gasteiger charge is 2.32. The van der Waals surface area contributed by atoms with Crippen LogP contribution in [0.4, 0.5) is 0 Å². The summed E-state index contributed by atoms with van der Waals surface area (Å²) in [7, 11) is 0. The zero-order chi connectivity index (χ0) is 15.2. The van der Waals surface area contributed by atoms with Crippen LogP contribution in [0.2, 0.25) is 0 Å². The van der Waals surface area contributed by atoms with Crippen LogP contribution in [-0.4, -0.2) is 35.4 Å². The van der Waals surface area contributed by atoms with Crippen molar-refractivity contribution in [3.63, 3.8) is 0 Å². The Balaban J connectivity index is 2.28. The number of carboxylic acids is 1. The van der Waals surface area contributed by atoms with Gasteiger partial charge < -0.3 is 9.84 Å². The average molecular weight is 285 g/mol. The van der Waals surface area contributed by atoms with Gasteiger partial charge in [0, 0.05) is 12.6 Å². The van der Waals surface area contributed by atoms with E-state index < -0.39 is 11.5 Å². The Kier molecular flexibility index (Phi) is 6.96. The molecule has 3 atom stereocenters. The standard InChI is InChI=1S/C16H31NO3/c1-12(2)17-16(4,15(18)19)9-6-10-20-14-8-5-7-13(3)11-14/h12-14,17H,5-11H2,1-4H3,(H,18,19). The van der Waals surface area contributed by atoms with E-state index in [2.05, 4.69) is 12.2 Å². The fraction of sp³-hybridized carbons (Fsp3) is 0.938. The van der Waals surface area contributed by atoms with Gasteiger partial charge in [0.2, 0.25) is 0 Å². The minimum atomic E-state index is -0.850. The topological polar surface area (TPSA) is 58.6 Å². The number of nitrogens with one attached hydrogen (secondary N) is 1. The second-order valence-corrected chi connectivity index (χ2v) is 6.80. The predicted octanol–water partition coefficient (Wildman–Crippen LogP) is 3.20. The third-order valence-electron chi connectivity index (χ3n) is 4.14. The molecule has 0 spiro atoms. The summed E-state index contributed by atoms with van der Waals surface area (Å²) in [5.74, 6) is -0.0156. The minimum absolute atomic E-state index is 0.163. The molecule has 20 heavy (non-hydrogen) atoms. The fourth-order valence-electron chi connectivity index (χ4n) is 3.08. The normalized spacial score (nSPS) is 26.4. The van der Waals surface area contributed by atoms with Crippen LogP contribution < -0.4 is 5.32 Å². The summed E-state index contributed by atoms with van der Waals surface area (Å²) >= 11 is 0. The molecular formula is C16H31NO3. The number of hydrogen-bond donors (Lipinski definition) is 2. The second kappa shape index (κ2) is 7.99. The molecule has 3 unspecified atom stereocenters. The van der Waals surface area contributed by atoms with Crippen LogP contribution in [0.5, 0.6) is 0 Å². The molecule has 0 aromatic carbocycles. The maximum absolute atomic E-state index is 11.4. The van der Waals surface area contributed by atoms with Crippen molar-refractivity contribution in [3.8, 4) is 0 Å². The SMILES string of the molecule is CC1CCCC(OCCCC(C)(NC(C)C)C(=O)O)C1. The van der Waals surface area contributed by atoms with Crippen LogP contribution in [0.15, 0.2) is 0 Å². The highest BCUT2D eigenvalue weighted by atomic mass is 16.5. The van der Waals surface area contributed by atoms with Gasteiger partial charge in [0.25, 0.3) is 0 Å². The molecule has 1 fully saturated rings. The molecule has 118 valence electrons. The Labute approximate surface area is 123 Å². The number of carbonyl (C=O) groups is 1. The number of ether oxygens (including phenoxy) is 1. The first kappa shape index (κ1) is 17.4. The number of aliphatic carboxylic acids is 1. The quantitative estimate of drug-likeness (QED) is 0.672. The lowest BCUT2D eigenvalue weighted by molar-refractivity contribution is -0.145. The number of rotatable bonds is 8. The van der Waals surface area contributed by atoms with E-state index in [0.717, 1.165) is 25.2 Å². The van der Waals surface area contributed by atoms with E-state index in [-0.39, 0.29) is 6.04 Å². The Bertz CT molecular complexity index is 306. The maximum atomic E-state index is 11.4. The molecule has 1 rings (SSSR count). The van der Waals surface area contributed by atoms with E-state index in [1.165, 1.54) is 12.8 Å². The van der Waals surface area contributed by atoms with Gasteiger partial charge in [-0.1, -0.05) is 19.8 Å². The smallest absolute Gasteiger partial charge is 0.323 e. The van der Waals surface area contributed by atoms with Crippen molar-refractivity contribution in [2.24, 2.45) is 5.92 Å². The summed E-state index contributed by atoms with van der Waals surface area (Å²) in [5, 5.41) is 12.5. The summed E-state index contributed by atoms with van der Waals surface area (Å²) in [6, 6.07) is 0.163. The van der Waals surface area contributed by atoms with Crippen molar-refractivity contribution in [2.75, 3.05) is 6.61 Å². The fourth-order valence-corrected chi connectivity index (χ4v) is 3.08. The molecule has 0 radical (unpaired) electrons. The van der Waals surface area contributed by atoms with Crippen molar-refractivity contribution in [2.45, 2.75) is 83.9 Å². The van der Waals surface area contributed by atoms with Gasteiger partial charge in [0.05, 0.1) is 6.10 Å². The van der Waals surface area contributed by atoms with Gasteiger partial charge in [-0.2, -0.15) is 0 Å². The van der Waals surface area contributed by atoms with Gasteiger partial charge in [-0.3, -0.25) is 10.1 Å². The molecule has 1 aliphatic rings. The molecule has 1 saturated carbocycles. The van der Waals surface area contributed by atoms with Gasteiger partial charge in [-0.25, -0.2) is 0 Å². The van der Waals surface area contributed by atoms with Gasteiger partial charge in [0.15, 0.2) is 0 Å². The van der Waals surface area contributed by atoms with E-state index in [4.69, 9.17) is 4.74 Å². The molecule has 4 heteroatoms. The van der Waals surface area contributed by atoms with Crippen LogP contribution in [0.25, 0.3) is 0 Å². The van der Waals surface area contributed by atoms with Crippen molar-refractivity contribution in [3.05, 3.63) is 0 Å². The van der Waals surface area contributed by atoms with Crippen LogP contribution in [0, 0.1) is 5.92 Å². The lowest BCUT2D eigenvalue weighted by Crippen LogP contribution is -2.52. The molecule has 2 N–H and O–H groups in total. The molecule has 4 nitrogen and oxygen atoms in total. The molecule has 0 aromatic heterocycles. The predicted molar refractivity (Wildman–Crippen MR) is 80.9 cm³/mol. The highest BCUT2D eigenvalue weighted by Crippen LogP contribution is 2.26. The largest absolute Gasteiger partial charge is 0.480 e. The van der Waals surface area contributed by atoms with Gasteiger partial charge >= 0.3 is 5.97 Å². The first-order chi connectivity index (χ1) is 9.33. The zero-order valence-electron chi connectivity index (χ0n) is 13.4. The third kappa shape index (κ3) is 5.80. The summed E-state index contributed by atoms with van der Waals surface area (Å²) in [4.78, 5) is 11.4. The van der Waals surface area contributed by atoms with Crippen molar-refractivity contribution < 1.29 is 14.6 Å².